The Morgan fingerprint density at radius 1 is 0.625 bits per heavy atom. The molecule has 0 atom stereocenters. The summed E-state index contributed by atoms with van der Waals surface area (Å²) in [4.78, 5) is 4.31. The largest absolute Gasteiger partial charge is 0.310 e. The first kappa shape index (κ1) is 16.6. The molecule has 1 heterocycles. The van der Waals surface area contributed by atoms with Gasteiger partial charge in [-0.25, -0.2) is 0 Å². The molecule has 126 valence electrons. The minimum absolute atomic E-state index is 0.583. The lowest BCUT2D eigenvalue weighted by atomic mass is 10.0. The van der Waals surface area contributed by atoms with Crippen LogP contribution in [0.2, 0.25) is 0 Å². The van der Waals surface area contributed by atoms with E-state index in [9.17, 15) is 0 Å². The van der Waals surface area contributed by atoms with Crippen LogP contribution in [0.25, 0.3) is 0 Å². The van der Waals surface area contributed by atoms with Gasteiger partial charge in [0.15, 0.2) is 0 Å². The van der Waals surface area contributed by atoms with Crippen LogP contribution in [0.1, 0.15) is 33.4 Å². The molecular formula is C21H27N3. The molecule has 1 saturated heterocycles. The minimum Gasteiger partial charge on any atom is -0.310 e. The molecule has 2 aromatic rings. The van der Waals surface area contributed by atoms with Crippen LogP contribution in [0.5, 0.6) is 0 Å². The molecule has 0 saturated carbocycles. The molecule has 2 aromatic carbocycles. The van der Waals surface area contributed by atoms with Crippen molar-refractivity contribution in [2.24, 2.45) is 0 Å². The zero-order valence-corrected chi connectivity index (χ0v) is 15.6. The Hall–Kier alpha value is -2.29. The van der Waals surface area contributed by atoms with Gasteiger partial charge in [-0.2, -0.15) is 0 Å². The summed E-state index contributed by atoms with van der Waals surface area (Å²) in [5, 5.41) is 8.78. The average molecular weight is 321 g/mol. The number of guanidine groups is 1. The summed E-state index contributed by atoms with van der Waals surface area (Å²) in [5.74, 6) is 0.583. The topological polar surface area (TPSA) is 30.3 Å². The predicted molar refractivity (Wildman–Crippen MR) is 104 cm³/mol. The van der Waals surface area contributed by atoms with Crippen molar-refractivity contribution >= 4 is 17.3 Å². The molecule has 24 heavy (non-hydrogen) atoms. The van der Waals surface area contributed by atoms with Gasteiger partial charge in [0.25, 0.3) is 0 Å². The maximum Gasteiger partial charge on any atom is 0.203 e. The van der Waals surface area contributed by atoms with E-state index in [1.165, 1.54) is 44.8 Å². The van der Waals surface area contributed by atoms with Gasteiger partial charge in [-0.15, -0.1) is 0 Å². The summed E-state index contributed by atoms with van der Waals surface area (Å²) >= 11 is 0. The normalized spacial score (nSPS) is 14.7. The number of hydrogen-bond donors (Lipinski definition) is 1. The van der Waals surface area contributed by atoms with Gasteiger partial charge in [-0.05, 0) is 63.8 Å². The van der Waals surface area contributed by atoms with Crippen LogP contribution in [0.4, 0.5) is 11.4 Å². The van der Waals surface area contributed by atoms with Gasteiger partial charge in [-0.3, -0.25) is 5.41 Å². The van der Waals surface area contributed by atoms with E-state index in [0.717, 1.165) is 13.1 Å². The Balaban J connectivity index is 2.00. The monoisotopic (exact) mass is 321 g/mol. The highest BCUT2D eigenvalue weighted by Crippen LogP contribution is 2.33. The maximum atomic E-state index is 8.78. The molecule has 3 heteroatoms. The SMILES string of the molecule is Cc1cc(C)c(N2CCN(c3c(C)cc(C)cc3C)C2=N)c(C)c1. The summed E-state index contributed by atoms with van der Waals surface area (Å²) < 4.78 is 0. The number of nitrogens with zero attached hydrogens (tertiary/aromatic N) is 2. The molecule has 0 bridgehead atoms. The molecular weight excluding hydrogens is 294 g/mol. The third-order valence-electron chi connectivity index (χ3n) is 4.87. The first-order valence-electron chi connectivity index (χ1n) is 8.59. The molecule has 1 aliphatic rings. The summed E-state index contributed by atoms with van der Waals surface area (Å²) in [6, 6.07) is 8.84. The van der Waals surface area contributed by atoms with Gasteiger partial charge in [0.1, 0.15) is 0 Å². The van der Waals surface area contributed by atoms with Crippen LogP contribution in [0.15, 0.2) is 24.3 Å². The van der Waals surface area contributed by atoms with E-state index in [2.05, 4.69) is 75.6 Å². The Morgan fingerprint density at radius 2 is 0.917 bits per heavy atom. The number of rotatable bonds is 2. The zero-order chi connectivity index (χ0) is 17.6. The lowest BCUT2D eigenvalue weighted by molar-refractivity contribution is 1.01. The molecule has 0 aromatic heterocycles. The van der Waals surface area contributed by atoms with E-state index in [0.29, 0.717) is 5.96 Å². The fourth-order valence-electron chi connectivity index (χ4n) is 4.19. The number of nitrogens with one attached hydrogen (secondary N) is 1. The van der Waals surface area contributed by atoms with Crippen molar-refractivity contribution in [3.8, 4) is 0 Å². The highest BCUT2D eigenvalue weighted by molar-refractivity contribution is 6.09. The molecule has 0 spiro atoms. The number of hydrogen-bond acceptors (Lipinski definition) is 1. The molecule has 3 rings (SSSR count). The van der Waals surface area contributed by atoms with Crippen molar-refractivity contribution in [3.05, 3.63) is 57.6 Å². The van der Waals surface area contributed by atoms with E-state index in [1.54, 1.807) is 0 Å². The second-order valence-corrected chi connectivity index (χ2v) is 7.12. The lowest BCUT2D eigenvalue weighted by Crippen LogP contribution is -2.34. The van der Waals surface area contributed by atoms with Crippen molar-refractivity contribution in [2.75, 3.05) is 22.9 Å². The predicted octanol–water partition coefficient (Wildman–Crippen LogP) is 4.80. The van der Waals surface area contributed by atoms with Gasteiger partial charge >= 0.3 is 0 Å². The Labute approximate surface area is 145 Å². The van der Waals surface area contributed by atoms with Gasteiger partial charge in [-0.1, -0.05) is 35.4 Å². The van der Waals surface area contributed by atoms with Gasteiger partial charge in [0.05, 0.1) is 0 Å². The Kier molecular flexibility index (Phi) is 4.12. The van der Waals surface area contributed by atoms with Gasteiger partial charge < -0.3 is 9.80 Å². The molecule has 3 nitrogen and oxygen atoms in total. The molecule has 1 aliphatic heterocycles. The van der Waals surface area contributed by atoms with Crippen molar-refractivity contribution in [3.63, 3.8) is 0 Å². The van der Waals surface area contributed by atoms with Gasteiger partial charge in [0.2, 0.25) is 5.96 Å². The summed E-state index contributed by atoms with van der Waals surface area (Å²) in [6.45, 7) is 14.6. The lowest BCUT2D eigenvalue weighted by Gasteiger charge is -2.27. The molecule has 0 aliphatic carbocycles. The van der Waals surface area contributed by atoms with Gasteiger partial charge in [0, 0.05) is 24.5 Å². The van der Waals surface area contributed by atoms with E-state index in [4.69, 9.17) is 5.41 Å². The van der Waals surface area contributed by atoms with Crippen molar-refractivity contribution in [1.82, 2.24) is 0 Å². The van der Waals surface area contributed by atoms with Crippen molar-refractivity contribution in [1.29, 1.82) is 5.41 Å². The average Bonchev–Trinajstić information content (AvgIpc) is 2.79. The van der Waals surface area contributed by atoms with Crippen LogP contribution in [-0.4, -0.2) is 19.0 Å². The van der Waals surface area contributed by atoms with E-state index < -0.39 is 0 Å². The second-order valence-electron chi connectivity index (χ2n) is 7.12. The molecule has 0 radical (unpaired) electrons. The summed E-state index contributed by atoms with van der Waals surface area (Å²) in [7, 11) is 0. The molecule has 0 unspecified atom stereocenters. The third kappa shape index (κ3) is 2.68. The van der Waals surface area contributed by atoms with Crippen LogP contribution in [0, 0.1) is 47.0 Å². The summed E-state index contributed by atoms with van der Waals surface area (Å²) in [6.07, 6.45) is 0. The Morgan fingerprint density at radius 3 is 1.21 bits per heavy atom. The third-order valence-corrected chi connectivity index (χ3v) is 4.87. The highest BCUT2D eigenvalue weighted by atomic mass is 15.4. The van der Waals surface area contributed by atoms with Crippen molar-refractivity contribution < 1.29 is 0 Å². The second kappa shape index (κ2) is 5.97. The molecule has 0 amide bonds. The van der Waals surface area contributed by atoms with E-state index in [-0.39, 0.29) is 0 Å². The van der Waals surface area contributed by atoms with Crippen LogP contribution in [-0.2, 0) is 0 Å². The minimum atomic E-state index is 0.583. The van der Waals surface area contributed by atoms with Crippen LogP contribution < -0.4 is 9.80 Å². The molecule has 1 fully saturated rings. The first-order chi connectivity index (χ1) is 11.3. The van der Waals surface area contributed by atoms with Crippen LogP contribution >= 0.6 is 0 Å². The first-order valence-corrected chi connectivity index (χ1v) is 8.59. The maximum absolute atomic E-state index is 8.78. The van der Waals surface area contributed by atoms with E-state index >= 15 is 0 Å². The Bertz CT molecular complexity index is 706. The number of anilines is 2. The fraction of sp³-hybridized carbons (Fsp3) is 0.381. The molecule has 1 N–H and O–H groups in total. The quantitative estimate of drug-likeness (QED) is 0.861. The van der Waals surface area contributed by atoms with E-state index in [1.807, 2.05) is 0 Å². The summed E-state index contributed by atoms with van der Waals surface area (Å²) in [5.41, 5.74) is 9.93. The number of aryl methyl sites for hydroxylation is 6. The fourth-order valence-corrected chi connectivity index (χ4v) is 4.19. The van der Waals surface area contributed by atoms with Crippen molar-refractivity contribution in [2.45, 2.75) is 41.5 Å². The highest BCUT2D eigenvalue weighted by Gasteiger charge is 2.30. The van der Waals surface area contributed by atoms with Crippen LogP contribution in [0.3, 0.4) is 0 Å². The standard InChI is InChI=1S/C21H27N3/c1-13-9-15(3)19(16(4)10-13)23-7-8-24(21(23)22)20-17(5)11-14(2)12-18(20)6/h9-12,22H,7-8H2,1-6H3. The smallest absolute Gasteiger partial charge is 0.203 e. The zero-order valence-electron chi connectivity index (χ0n) is 15.6. The number of benzene rings is 2.